The maximum Gasteiger partial charge on any atom is 0.253 e. The Balaban J connectivity index is 1.56. The average Bonchev–Trinajstić information content (AvgIpc) is 3.34. The van der Waals surface area contributed by atoms with Gasteiger partial charge in [-0.1, -0.05) is 33.3 Å². The van der Waals surface area contributed by atoms with Gasteiger partial charge in [-0.2, -0.15) is 4.31 Å². The minimum Gasteiger partial charge on any atom is -0.301 e. The molecule has 0 radical (unpaired) electrons. The van der Waals surface area contributed by atoms with Gasteiger partial charge in [0.05, 0.1) is 10.2 Å². The largest absolute Gasteiger partial charge is 0.301 e. The van der Waals surface area contributed by atoms with Crippen molar-refractivity contribution < 1.29 is 13.2 Å². The van der Waals surface area contributed by atoms with Crippen LogP contribution in [-0.2, 0) is 14.8 Å². The number of anilines is 1. The molecule has 1 saturated heterocycles. The third-order valence-electron chi connectivity index (χ3n) is 4.14. The van der Waals surface area contributed by atoms with Gasteiger partial charge in [-0.05, 0) is 42.5 Å². The number of hydrogen-bond acceptors (Lipinski definition) is 6. The Kier molecular flexibility index (Phi) is 4.86. The summed E-state index contributed by atoms with van der Waals surface area (Å²) in [4.78, 5) is 17.1. The average molecular weight is 472 g/mol. The number of benzene rings is 1. The fourth-order valence-electron chi connectivity index (χ4n) is 2.96. The second kappa shape index (κ2) is 7.01. The molecule has 1 atom stereocenters. The molecule has 0 aliphatic carbocycles. The molecule has 0 saturated carbocycles. The van der Waals surface area contributed by atoms with E-state index in [0.717, 1.165) is 26.0 Å². The van der Waals surface area contributed by atoms with Crippen LogP contribution in [0.15, 0.2) is 44.4 Å². The molecule has 1 N–H and O–H groups in total. The van der Waals surface area contributed by atoms with Crippen molar-refractivity contribution in [1.82, 2.24) is 9.29 Å². The molecule has 0 unspecified atom stereocenters. The van der Waals surface area contributed by atoms with Crippen molar-refractivity contribution >= 4 is 69.9 Å². The van der Waals surface area contributed by atoms with Crippen LogP contribution in [-0.4, -0.2) is 36.2 Å². The lowest BCUT2D eigenvalue weighted by atomic mass is 10.2. The second-order valence-corrected chi connectivity index (χ2v) is 10.8. The number of carbonyl (C=O) groups excluding carboxylic acids is 1. The molecule has 4 rings (SSSR count). The van der Waals surface area contributed by atoms with Gasteiger partial charge in [0.2, 0.25) is 5.91 Å². The van der Waals surface area contributed by atoms with Gasteiger partial charge in [0.25, 0.3) is 10.0 Å². The number of carbonyl (C=O) groups is 1. The smallest absolute Gasteiger partial charge is 0.253 e. The molecule has 136 valence electrons. The van der Waals surface area contributed by atoms with E-state index in [9.17, 15) is 13.2 Å². The first-order valence-corrected chi connectivity index (χ1v) is 11.8. The number of halogens is 1. The van der Waals surface area contributed by atoms with E-state index in [1.54, 1.807) is 17.5 Å². The zero-order valence-corrected chi connectivity index (χ0v) is 17.4. The van der Waals surface area contributed by atoms with E-state index in [-0.39, 0.29) is 10.1 Å². The molecule has 3 heterocycles. The van der Waals surface area contributed by atoms with Gasteiger partial charge in [-0.3, -0.25) is 4.79 Å². The number of fused-ring (bicyclic) bond motifs is 1. The van der Waals surface area contributed by atoms with E-state index in [4.69, 9.17) is 0 Å². The van der Waals surface area contributed by atoms with Crippen molar-refractivity contribution in [3.05, 3.63) is 40.2 Å². The number of sulfonamides is 1. The van der Waals surface area contributed by atoms with E-state index in [1.807, 2.05) is 18.2 Å². The summed E-state index contributed by atoms with van der Waals surface area (Å²) in [5.74, 6) is -0.333. The predicted molar refractivity (Wildman–Crippen MR) is 107 cm³/mol. The fourth-order valence-corrected chi connectivity index (χ4v) is 7.15. The van der Waals surface area contributed by atoms with Gasteiger partial charge in [-0.25, -0.2) is 13.4 Å². The first-order valence-electron chi connectivity index (χ1n) is 7.87. The molecule has 3 aromatic rings. The fraction of sp³-hybridized carbons (Fsp3) is 0.250. The molecule has 1 fully saturated rings. The zero-order chi connectivity index (χ0) is 18.3. The topological polar surface area (TPSA) is 79.4 Å². The van der Waals surface area contributed by atoms with Crippen molar-refractivity contribution in [3.63, 3.8) is 0 Å². The van der Waals surface area contributed by atoms with Crippen molar-refractivity contribution in [2.75, 3.05) is 11.9 Å². The quantitative estimate of drug-likeness (QED) is 0.625. The van der Waals surface area contributed by atoms with Gasteiger partial charge < -0.3 is 5.32 Å². The molecule has 1 aromatic carbocycles. The highest BCUT2D eigenvalue weighted by Crippen LogP contribution is 2.31. The normalized spacial score (nSPS) is 18.4. The molecule has 1 aliphatic rings. The molecule has 10 heteroatoms. The first kappa shape index (κ1) is 18.1. The monoisotopic (exact) mass is 471 g/mol. The zero-order valence-electron chi connectivity index (χ0n) is 13.4. The summed E-state index contributed by atoms with van der Waals surface area (Å²) >= 11 is 5.94. The lowest BCUT2D eigenvalue weighted by Crippen LogP contribution is -2.42. The first-order chi connectivity index (χ1) is 12.4. The number of thiophene rings is 1. The molecule has 2 aromatic heterocycles. The number of rotatable bonds is 4. The maximum atomic E-state index is 12.8. The lowest BCUT2D eigenvalue weighted by Gasteiger charge is -2.22. The number of nitrogens with one attached hydrogen (secondary N) is 1. The maximum absolute atomic E-state index is 12.8. The number of hydrogen-bond donors (Lipinski definition) is 1. The molecule has 1 aliphatic heterocycles. The van der Waals surface area contributed by atoms with Crippen LogP contribution >= 0.6 is 38.6 Å². The van der Waals surface area contributed by atoms with Crippen molar-refractivity contribution in [1.29, 1.82) is 0 Å². The molecule has 6 nitrogen and oxygen atoms in total. The SMILES string of the molecule is O=C(Nc1nc2ccc(Br)cc2s1)[C@@H]1CCCN1S(=O)(=O)c1cccs1. The number of thiazole rings is 1. The molecular weight excluding hydrogens is 458 g/mol. The van der Waals surface area contributed by atoms with Crippen LogP contribution in [0.4, 0.5) is 5.13 Å². The number of nitrogens with zero attached hydrogens (tertiary/aromatic N) is 2. The molecule has 0 bridgehead atoms. The van der Waals surface area contributed by atoms with Crippen LogP contribution in [0.25, 0.3) is 10.2 Å². The van der Waals surface area contributed by atoms with Crippen LogP contribution in [0.5, 0.6) is 0 Å². The van der Waals surface area contributed by atoms with E-state index >= 15 is 0 Å². The number of amides is 1. The molecular formula is C16H14BrN3O3S3. The Bertz CT molecular complexity index is 1060. The van der Waals surface area contributed by atoms with Crippen molar-refractivity contribution in [2.24, 2.45) is 0 Å². The summed E-state index contributed by atoms with van der Waals surface area (Å²) in [6.07, 6.45) is 1.17. The Labute approximate surface area is 167 Å². The Morgan fingerprint density at radius 2 is 2.19 bits per heavy atom. The third kappa shape index (κ3) is 3.31. The van der Waals surface area contributed by atoms with Gasteiger partial charge >= 0.3 is 0 Å². The van der Waals surface area contributed by atoms with Crippen LogP contribution in [0, 0.1) is 0 Å². The summed E-state index contributed by atoms with van der Waals surface area (Å²) in [6, 6.07) is 8.25. The minimum atomic E-state index is -3.64. The highest BCUT2D eigenvalue weighted by Gasteiger charge is 2.40. The summed E-state index contributed by atoms with van der Waals surface area (Å²) in [5, 5.41) is 4.99. The summed E-state index contributed by atoms with van der Waals surface area (Å²) in [7, 11) is -3.64. The second-order valence-electron chi connectivity index (χ2n) is 5.83. The van der Waals surface area contributed by atoms with Crippen LogP contribution in [0.3, 0.4) is 0 Å². The van der Waals surface area contributed by atoms with Crippen LogP contribution < -0.4 is 5.32 Å². The Morgan fingerprint density at radius 1 is 1.35 bits per heavy atom. The minimum absolute atomic E-state index is 0.266. The summed E-state index contributed by atoms with van der Waals surface area (Å²) < 4.78 is 29.0. The highest BCUT2D eigenvalue weighted by molar-refractivity contribution is 9.10. The van der Waals surface area contributed by atoms with E-state index < -0.39 is 16.1 Å². The van der Waals surface area contributed by atoms with Crippen LogP contribution in [0.2, 0.25) is 0 Å². The Hall–Kier alpha value is -1.33. The lowest BCUT2D eigenvalue weighted by molar-refractivity contribution is -0.119. The standard InChI is InChI=1S/C16H14BrN3O3S3/c17-10-5-6-11-13(9-10)25-16(18-11)19-15(21)12-3-1-7-20(12)26(22,23)14-4-2-8-24-14/h2,4-6,8-9,12H,1,3,7H2,(H,18,19,21)/t12-/m0/s1. The highest BCUT2D eigenvalue weighted by atomic mass is 79.9. The van der Waals surface area contributed by atoms with Gasteiger partial charge in [0, 0.05) is 11.0 Å². The molecule has 26 heavy (non-hydrogen) atoms. The van der Waals surface area contributed by atoms with Gasteiger partial charge in [-0.15, -0.1) is 11.3 Å². The van der Waals surface area contributed by atoms with Crippen LogP contribution in [0.1, 0.15) is 12.8 Å². The predicted octanol–water partition coefficient (Wildman–Crippen LogP) is 3.91. The number of aromatic nitrogens is 1. The van der Waals surface area contributed by atoms with E-state index in [2.05, 4.69) is 26.2 Å². The summed E-state index contributed by atoms with van der Waals surface area (Å²) in [5.41, 5.74) is 0.794. The molecule has 0 spiro atoms. The van der Waals surface area contributed by atoms with E-state index in [1.165, 1.54) is 15.6 Å². The third-order valence-corrected chi connectivity index (χ3v) is 8.85. The summed E-state index contributed by atoms with van der Waals surface area (Å²) in [6.45, 7) is 0.352. The van der Waals surface area contributed by atoms with Gasteiger partial charge in [0.15, 0.2) is 5.13 Å². The van der Waals surface area contributed by atoms with E-state index in [0.29, 0.717) is 24.5 Å². The van der Waals surface area contributed by atoms with Crippen molar-refractivity contribution in [2.45, 2.75) is 23.1 Å². The Morgan fingerprint density at radius 3 is 2.96 bits per heavy atom. The molecule has 1 amide bonds. The van der Waals surface area contributed by atoms with Crippen molar-refractivity contribution in [3.8, 4) is 0 Å². The van der Waals surface area contributed by atoms with Gasteiger partial charge in [0.1, 0.15) is 10.3 Å².